The van der Waals surface area contributed by atoms with Gasteiger partial charge in [-0.1, -0.05) is 0 Å². The predicted octanol–water partition coefficient (Wildman–Crippen LogP) is 2.33. The van der Waals surface area contributed by atoms with E-state index in [-0.39, 0.29) is 0 Å². The van der Waals surface area contributed by atoms with Gasteiger partial charge in [0.15, 0.2) is 0 Å². The number of rotatable bonds is 3. The van der Waals surface area contributed by atoms with E-state index in [4.69, 9.17) is 5.11 Å². The van der Waals surface area contributed by atoms with Gasteiger partial charge in [-0.25, -0.2) is 9.78 Å². The molecule has 1 fully saturated rings. The van der Waals surface area contributed by atoms with E-state index < -0.39 is 6.09 Å². The quantitative estimate of drug-likeness (QED) is 0.899. The molecule has 5 nitrogen and oxygen atoms in total. The lowest BCUT2D eigenvalue weighted by Crippen LogP contribution is -2.38. The monoisotopic (exact) mass is 313 g/mol. The van der Waals surface area contributed by atoms with Gasteiger partial charge in [0, 0.05) is 25.8 Å². The smallest absolute Gasteiger partial charge is 0.404 e. The molecule has 1 aliphatic rings. The van der Waals surface area contributed by atoms with Crippen molar-refractivity contribution in [2.24, 2.45) is 5.92 Å². The van der Waals surface area contributed by atoms with Crippen molar-refractivity contribution in [3.8, 4) is 0 Å². The van der Waals surface area contributed by atoms with Gasteiger partial charge >= 0.3 is 6.09 Å². The molecule has 2 heterocycles. The molecule has 0 bridgehead atoms. The van der Waals surface area contributed by atoms with E-state index in [1.54, 1.807) is 6.20 Å². The number of nitrogens with zero attached hydrogens (tertiary/aromatic N) is 2. The Balaban J connectivity index is 1.87. The summed E-state index contributed by atoms with van der Waals surface area (Å²) in [4.78, 5) is 17.0. The lowest BCUT2D eigenvalue weighted by atomic mass is 9.97. The maximum Gasteiger partial charge on any atom is 0.404 e. The number of nitrogens with one attached hydrogen (secondary N) is 1. The van der Waals surface area contributed by atoms with Crippen LogP contribution in [-0.2, 0) is 0 Å². The van der Waals surface area contributed by atoms with Crippen molar-refractivity contribution in [2.45, 2.75) is 12.8 Å². The van der Waals surface area contributed by atoms with Crippen molar-refractivity contribution >= 4 is 27.8 Å². The minimum Gasteiger partial charge on any atom is -0.465 e. The Kier molecular flexibility index (Phi) is 4.41. The molecule has 98 valence electrons. The van der Waals surface area contributed by atoms with Crippen LogP contribution in [0.25, 0.3) is 0 Å². The van der Waals surface area contributed by atoms with Crippen molar-refractivity contribution < 1.29 is 9.90 Å². The third-order valence-electron chi connectivity index (χ3n) is 3.20. The van der Waals surface area contributed by atoms with Crippen LogP contribution in [0.1, 0.15) is 12.8 Å². The van der Waals surface area contributed by atoms with E-state index in [2.05, 4.69) is 31.1 Å². The average molecular weight is 314 g/mol. The first-order valence-electron chi connectivity index (χ1n) is 5.99. The topological polar surface area (TPSA) is 65.5 Å². The van der Waals surface area contributed by atoms with Crippen molar-refractivity contribution in [3.63, 3.8) is 0 Å². The highest BCUT2D eigenvalue weighted by Gasteiger charge is 2.21. The van der Waals surface area contributed by atoms with E-state index >= 15 is 0 Å². The second kappa shape index (κ2) is 6.04. The molecule has 0 saturated carbocycles. The Morgan fingerprint density at radius 3 is 2.89 bits per heavy atom. The SMILES string of the molecule is O=C(O)NCC1CCN(c2ncccc2Br)CC1. The Morgan fingerprint density at radius 2 is 2.28 bits per heavy atom. The summed E-state index contributed by atoms with van der Waals surface area (Å²) in [5.74, 6) is 1.40. The first-order valence-corrected chi connectivity index (χ1v) is 6.78. The largest absolute Gasteiger partial charge is 0.465 e. The highest BCUT2D eigenvalue weighted by atomic mass is 79.9. The third kappa shape index (κ3) is 3.35. The number of carboxylic acid groups (broad SMARTS) is 1. The van der Waals surface area contributed by atoms with Crippen LogP contribution in [0.3, 0.4) is 0 Å². The van der Waals surface area contributed by atoms with Crippen LogP contribution in [0.2, 0.25) is 0 Å². The molecule has 2 rings (SSSR count). The fraction of sp³-hybridized carbons (Fsp3) is 0.500. The first-order chi connectivity index (χ1) is 8.66. The number of aromatic nitrogens is 1. The van der Waals surface area contributed by atoms with Gasteiger partial charge in [-0.3, -0.25) is 0 Å². The molecule has 18 heavy (non-hydrogen) atoms. The van der Waals surface area contributed by atoms with E-state index in [0.29, 0.717) is 12.5 Å². The lowest BCUT2D eigenvalue weighted by molar-refractivity contribution is 0.191. The normalized spacial score (nSPS) is 16.6. The number of hydrogen-bond donors (Lipinski definition) is 2. The second-order valence-corrected chi connectivity index (χ2v) is 5.28. The summed E-state index contributed by atoms with van der Waals surface area (Å²) in [6.45, 7) is 2.38. The molecule has 0 radical (unpaired) electrons. The molecule has 1 aromatic rings. The minimum atomic E-state index is -0.940. The van der Waals surface area contributed by atoms with Crippen LogP contribution in [-0.4, -0.2) is 35.8 Å². The molecule has 6 heteroatoms. The number of pyridine rings is 1. The average Bonchev–Trinajstić information content (AvgIpc) is 2.38. The fourth-order valence-corrected chi connectivity index (χ4v) is 2.70. The lowest BCUT2D eigenvalue weighted by Gasteiger charge is -2.33. The van der Waals surface area contributed by atoms with Gasteiger partial charge in [-0.2, -0.15) is 0 Å². The number of carbonyl (C=O) groups is 1. The number of amides is 1. The zero-order valence-electron chi connectivity index (χ0n) is 9.97. The molecule has 0 unspecified atom stereocenters. The summed E-state index contributed by atoms with van der Waals surface area (Å²) in [5.41, 5.74) is 0. The van der Waals surface area contributed by atoms with Gasteiger partial charge in [0.1, 0.15) is 5.82 Å². The first kappa shape index (κ1) is 13.1. The van der Waals surface area contributed by atoms with Gasteiger partial charge in [0.05, 0.1) is 4.47 Å². The van der Waals surface area contributed by atoms with Gasteiger partial charge in [0.25, 0.3) is 0 Å². The zero-order chi connectivity index (χ0) is 13.0. The van der Waals surface area contributed by atoms with E-state index in [9.17, 15) is 4.79 Å². The summed E-state index contributed by atoms with van der Waals surface area (Å²) in [6, 6.07) is 3.89. The van der Waals surface area contributed by atoms with Crippen LogP contribution in [0, 0.1) is 5.92 Å². The molecule has 1 aliphatic heterocycles. The highest BCUT2D eigenvalue weighted by Crippen LogP contribution is 2.27. The van der Waals surface area contributed by atoms with Gasteiger partial charge in [-0.15, -0.1) is 0 Å². The maximum atomic E-state index is 10.4. The summed E-state index contributed by atoms with van der Waals surface area (Å²) in [6.07, 6.45) is 2.83. The zero-order valence-corrected chi connectivity index (χ0v) is 11.6. The summed E-state index contributed by atoms with van der Waals surface area (Å²) < 4.78 is 1.01. The number of hydrogen-bond acceptors (Lipinski definition) is 3. The Morgan fingerprint density at radius 1 is 1.56 bits per heavy atom. The van der Waals surface area contributed by atoms with E-state index in [0.717, 1.165) is 36.2 Å². The summed E-state index contributed by atoms with van der Waals surface area (Å²) in [5, 5.41) is 11.0. The van der Waals surface area contributed by atoms with E-state index in [1.807, 2.05) is 12.1 Å². The molecule has 1 saturated heterocycles. The number of anilines is 1. The van der Waals surface area contributed by atoms with E-state index in [1.165, 1.54) is 0 Å². The molecule has 0 aromatic carbocycles. The molecule has 0 aliphatic carbocycles. The molecule has 2 N–H and O–H groups in total. The van der Waals surface area contributed by atoms with Crippen LogP contribution < -0.4 is 10.2 Å². The predicted molar refractivity (Wildman–Crippen MR) is 72.9 cm³/mol. The Hall–Kier alpha value is -1.30. The van der Waals surface area contributed by atoms with Crippen molar-refractivity contribution in [3.05, 3.63) is 22.8 Å². The van der Waals surface area contributed by atoms with Gasteiger partial charge in [0.2, 0.25) is 0 Å². The van der Waals surface area contributed by atoms with Crippen LogP contribution in [0.5, 0.6) is 0 Å². The summed E-state index contributed by atoms with van der Waals surface area (Å²) in [7, 11) is 0. The maximum absolute atomic E-state index is 10.4. The molecule has 1 aromatic heterocycles. The van der Waals surface area contributed by atoms with Crippen molar-refractivity contribution in [2.75, 3.05) is 24.5 Å². The van der Waals surface area contributed by atoms with Crippen molar-refractivity contribution in [1.82, 2.24) is 10.3 Å². The molecule has 0 atom stereocenters. The fourth-order valence-electron chi connectivity index (χ4n) is 2.19. The number of halogens is 1. The van der Waals surface area contributed by atoms with Gasteiger partial charge < -0.3 is 15.3 Å². The Bertz CT molecular complexity index is 420. The van der Waals surface area contributed by atoms with Crippen LogP contribution in [0.4, 0.5) is 10.6 Å². The van der Waals surface area contributed by atoms with Crippen LogP contribution in [0.15, 0.2) is 22.8 Å². The van der Waals surface area contributed by atoms with Crippen molar-refractivity contribution in [1.29, 1.82) is 0 Å². The standard InChI is InChI=1S/C12H16BrN3O2/c13-10-2-1-5-14-11(10)16-6-3-9(4-7-16)8-15-12(17)18/h1-2,5,9,15H,3-4,6-8H2,(H,17,18). The van der Waals surface area contributed by atoms with Gasteiger partial charge in [-0.05, 0) is 46.8 Å². The molecular weight excluding hydrogens is 298 g/mol. The van der Waals surface area contributed by atoms with Crippen LogP contribution >= 0.6 is 15.9 Å². The molecular formula is C12H16BrN3O2. The molecule has 0 spiro atoms. The minimum absolute atomic E-state index is 0.430. The summed E-state index contributed by atoms with van der Waals surface area (Å²) >= 11 is 3.50. The second-order valence-electron chi connectivity index (χ2n) is 4.43. The molecule has 1 amide bonds. The number of piperidine rings is 1. The third-order valence-corrected chi connectivity index (χ3v) is 3.81. The highest BCUT2D eigenvalue weighted by molar-refractivity contribution is 9.10. The Labute approximate surface area is 114 Å².